The molecule has 0 saturated heterocycles. The molecule has 34 heavy (non-hydrogen) atoms. The molecule has 0 radical (unpaired) electrons. The van der Waals surface area contributed by atoms with Crippen LogP contribution in [-0.4, -0.2) is 79.3 Å². The monoisotopic (exact) mass is 604 g/mol. The van der Waals surface area contributed by atoms with E-state index in [4.69, 9.17) is 37.9 Å². The Hall–Kier alpha value is -1.56. The van der Waals surface area contributed by atoms with Crippen LogP contribution in [0.3, 0.4) is 0 Å². The number of ether oxygens (including phenoxy) is 8. The van der Waals surface area contributed by atoms with Crippen LogP contribution >= 0.6 is 31.9 Å². The average Bonchev–Trinajstić information content (AvgIpc) is 2.83. The van der Waals surface area contributed by atoms with E-state index < -0.39 is 0 Å². The Bertz CT molecular complexity index is 852. The first-order chi connectivity index (χ1) is 16.7. The van der Waals surface area contributed by atoms with Gasteiger partial charge >= 0.3 is 0 Å². The molecule has 1 aliphatic heterocycles. The molecule has 0 atom stereocenters. The molecule has 0 aliphatic carbocycles. The molecule has 0 bridgehead atoms. The fourth-order valence-electron chi connectivity index (χ4n) is 2.91. The van der Waals surface area contributed by atoms with Gasteiger partial charge in [-0.1, -0.05) is 31.9 Å². The lowest BCUT2D eigenvalue weighted by molar-refractivity contribution is 0.00452. The normalized spacial score (nSPS) is 17.9. The second kappa shape index (κ2) is 16.2. The lowest BCUT2D eigenvalue weighted by atomic mass is 10.3. The van der Waals surface area contributed by atoms with Gasteiger partial charge in [0.15, 0.2) is 23.0 Å². The quantitative estimate of drug-likeness (QED) is 0.434. The Morgan fingerprint density at radius 1 is 0.382 bits per heavy atom. The molecule has 0 N–H and O–H groups in total. The van der Waals surface area contributed by atoms with Crippen LogP contribution in [0.5, 0.6) is 23.0 Å². The molecular formula is C24H30Br2O8. The second-order valence-electron chi connectivity index (χ2n) is 7.03. The summed E-state index contributed by atoms with van der Waals surface area (Å²) in [6.07, 6.45) is 0. The Balaban J connectivity index is 1.52. The van der Waals surface area contributed by atoms with E-state index >= 15 is 0 Å². The Labute approximate surface area is 217 Å². The van der Waals surface area contributed by atoms with E-state index in [1.54, 1.807) is 0 Å². The summed E-state index contributed by atoms with van der Waals surface area (Å²) in [6, 6.07) is 11.3. The summed E-state index contributed by atoms with van der Waals surface area (Å²) in [6.45, 7) is 5.27. The van der Waals surface area contributed by atoms with Crippen LogP contribution in [-0.2, 0) is 18.9 Å². The predicted octanol–water partition coefficient (Wildman–Crippen LogP) is 4.51. The minimum atomic E-state index is 0.382. The molecule has 2 aromatic rings. The molecule has 3 rings (SSSR count). The molecule has 0 amide bonds. The van der Waals surface area contributed by atoms with E-state index in [0.717, 1.165) is 8.95 Å². The smallest absolute Gasteiger partial charge is 0.162 e. The fourth-order valence-corrected chi connectivity index (χ4v) is 3.59. The molecule has 8 nitrogen and oxygen atoms in total. The standard InChI is InChI=1S/C24H30Br2O8/c25-19-2-4-22-23(17-19)33-15-11-29-8-6-27-5-7-28-9-13-31-21-3-1-20(26)18-24(21)34-16-12-30-10-14-32-22/h1-4,17-18H,5-16H2. The van der Waals surface area contributed by atoms with Crippen LogP contribution in [0.1, 0.15) is 0 Å². The van der Waals surface area contributed by atoms with E-state index in [2.05, 4.69) is 31.9 Å². The highest BCUT2D eigenvalue weighted by molar-refractivity contribution is 9.10. The first-order valence-corrected chi connectivity index (χ1v) is 12.7. The molecular weight excluding hydrogens is 576 g/mol. The van der Waals surface area contributed by atoms with Crippen LogP contribution in [0.4, 0.5) is 0 Å². The summed E-state index contributed by atoms with van der Waals surface area (Å²) in [7, 11) is 0. The largest absolute Gasteiger partial charge is 0.487 e. The van der Waals surface area contributed by atoms with Crippen molar-refractivity contribution in [2.45, 2.75) is 0 Å². The molecule has 0 saturated carbocycles. The van der Waals surface area contributed by atoms with Crippen molar-refractivity contribution in [3.63, 3.8) is 0 Å². The Morgan fingerprint density at radius 2 is 0.676 bits per heavy atom. The maximum absolute atomic E-state index is 5.86. The first-order valence-electron chi connectivity index (χ1n) is 11.1. The SMILES string of the molecule is Brc1ccc2c(c1)OCCOCCOCCOCCOc1ccc(Br)cc1OCCOCCO2. The summed E-state index contributed by atoms with van der Waals surface area (Å²) in [4.78, 5) is 0. The van der Waals surface area contributed by atoms with Crippen molar-refractivity contribution >= 4 is 31.9 Å². The highest BCUT2D eigenvalue weighted by Crippen LogP contribution is 2.31. The van der Waals surface area contributed by atoms with Gasteiger partial charge in [-0.25, -0.2) is 0 Å². The number of hydrogen-bond acceptors (Lipinski definition) is 8. The molecule has 10 heteroatoms. The van der Waals surface area contributed by atoms with Crippen molar-refractivity contribution in [3.8, 4) is 23.0 Å². The number of benzene rings is 2. The van der Waals surface area contributed by atoms with Crippen LogP contribution in [0, 0.1) is 0 Å². The van der Waals surface area contributed by atoms with E-state index in [9.17, 15) is 0 Å². The summed E-state index contributed by atoms with van der Waals surface area (Å²) in [5.74, 6) is 2.59. The van der Waals surface area contributed by atoms with Gasteiger partial charge < -0.3 is 37.9 Å². The van der Waals surface area contributed by atoms with Crippen LogP contribution in [0.15, 0.2) is 45.3 Å². The number of rotatable bonds is 0. The van der Waals surface area contributed by atoms with E-state index in [-0.39, 0.29) is 0 Å². The van der Waals surface area contributed by atoms with Gasteiger partial charge in [0, 0.05) is 8.95 Å². The van der Waals surface area contributed by atoms with Crippen LogP contribution in [0.25, 0.3) is 0 Å². The van der Waals surface area contributed by atoms with Gasteiger partial charge in [-0.2, -0.15) is 0 Å². The third-order valence-electron chi connectivity index (χ3n) is 4.50. The van der Waals surface area contributed by atoms with E-state index in [1.165, 1.54) is 0 Å². The zero-order valence-corrected chi connectivity index (χ0v) is 22.1. The summed E-state index contributed by atoms with van der Waals surface area (Å²) >= 11 is 6.93. The Morgan fingerprint density at radius 3 is 1.03 bits per heavy atom. The second-order valence-corrected chi connectivity index (χ2v) is 8.86. The van der Waals surface area contributed by atoms with Crippen molar-refractivity contribution in [2.24, 2.45) is 0 Å². The van der Waals surface area contributed by atoms with Crippen molar-refractivity contribution in [3.05, 3.63) is 45.3 Å². The minimum Gasteiger partial charge on any atom is -0.487 e. The van der Waals surface area contributed by atoms with Crippen LogP contribution < -0.4 is 18.9 Å². The van der Waals surface area contributed by atoms with Gasteiger partial charge in [0.1, 0.15) is 26.4 Å². The molecule has 188 valence electrons. The molecule has 0 spiro atoms. The molecule has 0 unspecified atom stereocenters. The topological polar surface area (TPSA) is 73.8 Å². The maximum Gasteiger partial charge on any atom is 0.162 e. The van der Waals surface area contributed by atoms with Crippen molar-refractivity contribution in [2.75, 3.05) is 79.3 Å². The number of halogens is 2. The zero-order chi connectivity index (χ0) is 23.8. The predicted molar refractivity (Wildman–Crippen MR) is 134 cm³/mol. The maximum atomic E-state index is 5.86. The summed E-state index contributed by atoms with van der Waals surface area (Å²) < 4.78 is 47.4. The summed E-state index contributed by atoms with van der Waals surface area (Å²) in [5.41, 5.74) is 0. The third-order valence-corrected chi connectivity index (χ3v) is 5.48. The fraction of sp³-hybridized carbons (Fsp3) is 0.500. The van der Waals surface area contributed by atoms with Crippen molar-refractivity contribution in [1.29, 1.82) is 0 Å². The minimum absolute atomic E-state index is 0.382. The molecule has 2 aromatic carbocycles. The highest BCUT2D eigenvalue weighted by Gasteiger charge is 2.08. The molecule has 1 heterocycles. The molecule has 0 aromatic heterocycles. The average molecular weight is 606 g/mol. The van der Waals surface area contributed by atoms with Gasteiger partial charge in [0.25, 0.3) is 0 Å². The van der Waals surface area contributed by atoms with Gasteiger partial charge in [0.05, 0.1) is 52.9 Å². The zero-order valence-electron chi connectivity index (χ0n) is 19.0. The summed E-state index contributed by atoms with van der Waals surface area (Å²) in [5, 5.41) is 0. The third kappa shape index (κ3) is 10.4. The first kappa shape index (κ1) is 27.0. The van der Waals surface area contributed by atoms with E-state index in [0.29, 0.717) is 102 Å². The highest BCUT2D eigenvalue weighted by atomic mass is 79.9. The lowest BCUT2D eigenvalue weighted by Crippen LogP contribution is -2.15. The van der Waals surface area contributed by atoms with Gasteiger partial charge in [-0.3, -0.25) is 0 Å². The van der Waals surface area contributed by atoms with E-state index in [1.807, 2.05) is 36.4 Å². The van der Waals surface area contributed by atoms with Crippen molar-refractivity contribution in [1.82, 2.24) is 0 Å². The van der Waals surface area contributed by atoms with Gasteiger partial charge in [-0.05, 0) is 36.4 Å². The number of hydrogen-bond donors (Lipinski definition) is 0. The molecule has 0 fully saturated rings. The van der Waals surface area contributed by atoms with Gasteiger partial charge in [-0.15, -0.1) is 0 Å². The van der Waals surface area contributed by atoms with Crippen LogP contribution in [0.2, 0.25) is 0 Å². The van der Waals surface area contributed by atoms with Gasteiger partial charge in [0.2, 0.25) is 0 Å². The number of fused-ring (bicyclic) bond motifs is 2. The Kier molecular flexibility index (Phi) is 12.9. The van der Waals surface area contributed by atoms with Crippen molar-refractivity contribution < 1.29 is 37.9 Å². The molecule has 1 aliphatic rings. The lowest BCUT2D eigenvalue weighted by Gasteiger charge is -2.15.